The van der Waals surface area contributed by atoms with Gasteiger partial charge >= 0.3 is 0 Å². The van der Waals surface area contributed by atoms with Gasteiger partial charge in [-0.3, -0.25) is 4.79 Å². The third kappa shape index (κ3) is 2.77. The van der Waals surface area contributed by atoms with Crippen LogP contribution in [-0.2, 0) is 21.2 Å². The Morgan fingerprint density at radius 2 is 1.77 bits per heavy atom. The number of hydrogen-bond donors (Lipinski definition) is 0. The number of alkyl halides is 2. The van der Waals surface area contributed by atoms with Crippen LogP contribution in [0.3, 0.4) is 0 Å². The highest BCUT2D eigenvalue weighted by Gasteiger charge is 2.69. The lowest BCUT2D eigenvalue weighted by Crippen LogP contribution is -2.37. The van der Waals surface area contributed by atoms with Gasteiger partial charge in [0.1, 0.15) is 4.33 Å². The number of amides is 1. The zero-order valence-electron chi connectivity index (χ0n) is 14.7. The summed E-state index contributed by atoms with van der Waals surface area (Å²) in [5.41, 5.74) is 0.885. The van der Waals surface area contributed by atoms with Gasteiger partial charge < -0.3 is 4.90 Å². The lowest BCUT2D eigenvalue weighted by Gasteiger charge is -2.26. The number of carbonyl (C=O) groups is 1. The number of anilines is 1. The average Bonchev–Trinajstić information content (AvgIpc) is 2.95. The maximum atomic E-state index is 12.9. The molecular formula is C18H22Cl2N2O3S. The highest BCUT2D eigenvalue weighted by Crippen LogP contribution is 2.64. The minimum absolute atomic E-state index is 0.0899. The SMILES string of the molecule is C[C@@]1(C(=O)N2CCc3cc(S(=O)(=O)N4CCCCC4)ccc32)CC1(Cl)Cl. The fourth-order valence-corrected chi connectivity index (χ4v) is 6.20. The summed E-state index contributed by atoms with van der Waals surface area (Å²) in [6.45, 7) is 3.47. The maximum absolute atomic E-state index is 12.9. The van der Waals surface area contributed by atoms with Gasteiger partial charge in [-0.1, -0.05) is 6.42 Å². The van der Waals surface area contributed by atoms with E-state index in [2.05, 4.69) is 0 Å². The minimum Gasteiger partial charge on any atom is -0.311 e. The van der Waals surface area contributed by atoms with Crippen molar-refractivity contribution < 1.29 is 13.2 Å². The molecule has 1 saturated heterocycles. The normalized spacial score (nSPS) is 28.0. The third-order valence-electron chi connectivity index (χ3n) is 5.87. The Labute approximate surface area is 164 Å². The molecule has 1 aromatic carbocycles. The van der Waals surface area contributed by atoms with E-state index in [1.807, 2.05) is 0 Å². The molecule has 8 heteroatoms. The number of fused-ring (bicyclic) bond motifs is 1. The molecule has 0 N–H and O–H groups in total. The van der Waals surface area contributed by atoms with Crippen molar-refractivity contribution in [2.75, 3.05) is 24.5 Å². The highest BCUT2D eigenvalue weighted by atomic mass is 35.5. The van der Waals surface area contributed by atoms with Gasteiger partial charge in [-0.05, 0) is 56.4 Å². The van der Waals surface area contributed by atoms with Gasteiger partial charge in [-0.15, -0.1) is 23.2 Å². The summed E-state index contributed by atoms with van der Waals surface area (Å²) in [5.74, 6) is -0.0899. The van der Waals surface area contributed by atoms with Crippen LogP contribution in [0.25, 0.3) is 0 Å². The monoisotopic (exact) mass is 416 g/mol. The number of hydrogen-bond acceptors (Lipinski definition) is 3. The third-order valence-corrected chi connectivity index (χ3v) is 8.87. The number of piperidine rings is 1. The standard InChI is InChI=1S/C18H22Cl2N2O3S/c1-17(12-18(17,19)20)16(23)22-10-7-13-11-14(5-6-15(13)22)26(24,25)21-8-3-2-4-9-21/h5-6,11H,2-4,7-10,12H2,1H3/t17-/m0/s1. The van der Waals surface area contributed by atoms with E-state index < -0.39 is 19.8 Å². The van der Waals surface area contributed by atoms with Gasteiger partial charge in [0.2, 0.25) is 15.9 Å². The molecular weight excluding hydrogens is 395 g/mol. The van der Waals surface area contributed by atoms with E-state index in [1.54, 1.807) is 34.3 Å². The van der Waals surface area contributed by atoms with Crippen molar-refractivity contribution in [3.05, 3.63) is 23.8 Å². The smallest absolute Gasteiger partial charge is 0.243 e. The number of benzene rings is 1. The van der Waals surface area contributed by atoms with E-state index >= 15 is 0 Å². The summed E-state index contributed by atoms with van der Waals surface area (Å²) < 4.78 is 26.3. The van der Waals surface area contributed by atoms with E-state index in [4.69, 9.17) is 23.2 Å². The predicted octanol–water partition coefficient (Wildman–Crippen LogP) is 3.33. The van der Waals surface area contributed by atoms with E-state index in [0.29, 0.717) is 37.4 Å². The van der Waals surface area contributed by atoms with Crippen LogP contribution in [0.1, 0.15) is 38.2 Å². The molecule has 5 nitrogen and oxygen atoms in total. The molecule has 2 aliphatic heterocycles. The summed E-state index contributed by atoms with van der Waals surface area (Å²) in [6.07, 6.45) is 3.97. The van der Waals surface area contributed by atoms with Crippen LogP contribution in [0.4, 0.5) is 5.69 Å². The predicted molar refractivity (Wildman–Crippen MR) is 102 cm³/mol. The molecule has 1 amide bonds. The van der Waals surface area contributed by atoms with Crippen molar-refractivity contribution in [3.63, 3.8) is 0 Å². The largest absolute Gasteiger partial charge is 0.311 e. The molecule has 2 heterocycles. The first-order valence-electron chi connectivity index (χ1n) is 9.00. The molecule has 0 aromatic heterocycles. The lowest BCUT2D eigenvalue weighted by atomic mass is 10.1. The molecule has 1 atom stereocenters. The van der Waals surface area contributed by atoms with E-state index in [9.17, 15) is 13.2 Å². The fourth-order valence-electron chi connectivity index (χ4n) is 3.93. The summed E-state index contributed by atoms with van der Waals surface area (Å²) in [7, 11) is -3.47. The molecule has 142 valence electrons. The molecule has 1 aliphatic carbocycles. The van der Waals surface area contributed by atoms with E-state index in [-0.39, 0.29) is 5.91 Å². The highest BCUT2D eigenvalue weighted by molar-refractivity contribution is 7.89. The maximum Gasteiger partial charge on any atom is 0.243 e. The van der Waals surface area contributed by atoms with Gasteiger partial charge in [-0.2, -0.15) is 4.31 Å². The van der Waals surface area contributed by atoms with Gasteiger partial charge in [0.25, 0.3) is 0 Å². The van der Waals surface area contributed by atoms with Crippen molar-refractivity contribution in [2.24, 2.45) is 5.41 Å². The minimum atomic E-state index is -3.47. The van der Waals surface area contributed by atoms with Gasteiger partial charge in [0.05, 0.1) is 10.3 Å². The summed E-state index contributed by atoms with van der Waals surface area (Å²) in [6, 6.07) is 5.07. The molecule has 1 saturated carbocycles. The Balaban J connectivity index is 1.60. The zero-order valence-corrected chi connectivity index (χ0v) is 17.0. The Kier molecular flexibility index (Phi) is 4.34. The number of nitrogens with zero attached hydrogens (tertiary/aromatic N) is 2. The topological polar surface area (TPSA) is 57.7 Å². The molecule has 0 bridgehead atoms. The van der Waals surface area contributed by atoms with Crippen LogP contribution in [0.2, 0.25) is 0 Å². The Morgan fingerprint density at radius 1 is 1.12 bits per heavy atom. The summed E-state index contributed by atoms with van der Waals surface area (Å²) in [5, 5.41) is 0. The summed E-state index contributed by atoms with van der Waals surface area (Å²) in [4.78, 5) is 14.9. The number of carbonyl (C=O) groups excluding carboxylic acids is 1. The first-order chi connectivity index (χ1) is 12.2. The second kappa shape index (κ2) is 6.09. The molecule has 0 spiro atoms. The van der Waals surface area contributed by atoms with Crippen LogP contribution in [0.5, 0.6) is 0 Å². The van der Waals surface area contributed by atoms with Crippen LogP contribution in [0.15, 0.2) is 23.1 Å². The van der Waals surface area contributed by atoms with Crippen LogP contribution < -0.4 is 4.90 Å². The number of rotatable bonds is 3. The van der Waals surface area contributed by atoms with Crippen molar-refractivity contribution in [1.29, 1.82) is 0 Å². The van der Waals surface area contributed by atoms with Crippen molar-refractivity contribution in [2.45, 2.75) is 48.3 Å². The Hall–Kier alpha value is -0.820. The van der Waals surface area contributed by atoms with Gasteiger partial charge in [-0.25, -0.2) is 8.42 Å². The second-order valence-electron chi connectivity index (χ2n) is 7.68. The molecule has 26 heavy (non-hydrogen) atoms. The summed E-state index contributed by atoms with van der Waals surface area (Å²) >= 11 is 12.3. The molecule has 1 aromatic rings. The van der Waals surface area contributed by atoms with Crippen molar-refractivity contribution >= 4 is 44.8 Å². The Bertz CT molecular complexity index is 865. The van der Waals surface area contributed by atoms with Crippen LogP contribution in [0, 0.1) is 5.41 Å². The number of halogens is 2. The van der Waals surface area contributed by atoms with E-state index in [1.165, 1.54) is 0 Å². The molecule has 2 fully saturated rings. The first-order valence-corrected chi connectivity index (χ1v) is 11.2. The van der Waals surface area contributed by atoms with Crippen molar-refractivity contribution in [3.8, 4) is 0 Å². The zero-order chi connectivity index (χ0) is 18.7. The van der Waals surface area contributed by atoms with Crippen LogP contribution >= 0.6 is 23.2 Å². The van der Waals surface area contributed by atoms with Gasteiger partial charge in [0.15, 0.2) is 0 Å². The number of sulfonamides is 1. The van der Waals surface area contributed by atoms with Crippen LogP contribution in [-0.4, -0.2) is 42.6 Å². The average molecular weight is 417 g/mol. The molecule has 4 rings (SSSR count). The lowest BCUT2D eigenvalue weighted by molar-refractivity contribution is -0.123. The molecule has 0 radical (unpaired) electrons. The fraction of sp³-hybridized carbons (Fsp3) is 0.611. The second-order valence-corrected chi connectivity index (χ2v) is 11.1. The molecule has 0 unspecified atom stereocenters. The van der Waals surface area contributed by atoms with Crippen molar-refractivity contribution in [1.82, 2.24) is 4.31 Å². The van der Waals surface area contributed by atoms with E-state index in [0.717, 1.165) is 30.5 Å². The Morgan fingerprint density at radius 3 is 2.38 bits per heavy atom. The quantitative estimate of drug-likeness (QED) is 0.709. The van der Waals surface area contributed by atoms with Gasteiger partial charge in [0, 0.05) is 25.3 Å². The first kappa shape index (κ1) is 18.5. The molecule has 3 aliphatic rings.